The summed E-state index contributed by atoms with van der Waals surface area (Å²) in [6.07, 6.45) is 2.40. The van der Waals surface area contributed by atoms with Crippen molar-refractivity contribution in [2.75, 3.05) is 26.7 Å². The van der Waals surface area contributed by atoms with Gasteiger partial charge in [0.1, 0.15) is 0 Å². The summed E-state index contributed by atoms with van der Waals surface area (Å²) in [5, 5.41) is 3.57. The molecule has 0 amide bonds. The molecule has 1 aromatic carbocycles. The van der Waals surface area contributed by atoms with Gasteiger partial charge in [0, 0.05) is 24.1 Å². The van der Waals surface area contributed by atoms with Crippen molar-refractivity contribution < 1.29 is 0 Å². The summed E-state index contributed by atoms with van der Waals surface area (Å²) in [7, 11) is 2.22. The van der Waals surface area contributed by atoms with Crippen LogP contribution in [0.25, 0.3) is 0 Å². The Hall–Kier alpha value is -0.380. The van der Waals surface area contributed by atoms with E-state index in [1.54, 1.807) is 0 Å². The molecule has 3 heteroatoms. The molecule has 20 heavy (non-hydrogen) atoms. The zero-order valence-electron chi connectivity index (χ0n) is 13.4. The Labute approximate surface area is 133 Å². The molecule has 0 saturated heterocycles. The third-order valence-corrected chi connectivity index (χ3v) is 4.32. The Kier molecular flexibility index (Phi) is 7.78. The van der Waals surface area contributed by atoms with E-state index in [4.69, 9.17) is 0 Å². The van der Waals surface area contributed by atoms with Crippen molar-refractivity contribution in [3.63, 3.8) is 0 Å². The zero-order chi connectivity index (χ0) is 15.0. The highest BCUT2D eigenvalue weighted by Gasteiger charge is 2.23. The van der Waals surface area contributed by atoms with Gasteiger partial charge in [0.05, 0.1) is 0 Å². The normalized spacial score (nSPS) is 14.5. The molecule has 0 bridgehead atoms. The summed E-state index contributed by atoms with van der Waals surface area (Å²) in [6, 6.07) is 8.58. The number of halogens is 1. The fourth-order valence-electron chi connectivity index (χ4n) is 2.51. The SMILES string of the molecule is CCCNCC(C)(CC)CN(C)Cc1cccc(Br)c1. The smallest absolute Gasteiger partial charge is 0.0231 e. The molecule has 1 unspecified atom stereocenters. The van der Waals surface area contributed by atoms with Crippen LogP contribution in [0, 0.1) is 5.41 Å². The second kappa shape index (κ2) is 8.81. The Morgan fingerprint density at radius 1 is 1.30 bits per heavy atom. The lowest BCUT2D eigenvalue weighted by Crippen LogP contribution is -2.40. The van der Waals surface area contributed by atoms with Crippen LogP contribution < -0.4 is 5.32 Å². The van der Waals surface area contributed by atoms with Crippen molar-refractivity contribution in [2.24, 2.45) is 5.41 Å². The summed E-state index contributed by atoms with van der Waals surface area (Å²) < 4.78 is 1.16. The van der Waals surface area contributed by atoms with Crippen LogP contribution >= 0.6 is 15.9 Å². The average Bonchev–Trinajstić information content (AvgIpc) is 2.38. The highest BCUT2D eigenvalue weighted by molar-refractivity contribution is 9.10. The van der Waals surface area contributed by atoms with Gasteiger partial charge in [-0.1, -0.05) is 48.8 Å². The van der Waals surface area contributed by atoms with Gasteiger partial charge in [0.2, 0.25) is 0 Å². The number of hydrogen-bond acceptors (Lipinski definition) is 2. The monoisotopic (exact) mass is 340 g/mol. The van der Waals surface area contributed by atoms with Gasteiger partial charge in [-0.25, -0.2) is 0 Å². The number of hydrogen-bond donors (Lipinski definition) is 1. The van der Waals surface area contributed by atoms with Crippen molar-refractivity contribution in [3.05, 3.63) is 34.3 Å². The maximum absolute atomic E-state index is 3.57. The molecule has 0 aromatic heterocycles. The van der Waals surface area contributed by atoms with Crippen molar-refractivity contribution in [2.45, 2.75) is 40.2 Å². The number of benzene rings is 1. The molecule has 0 aliphatic carbocycles. The number of nitrogens with zero attached hydrogens (tertiary/aromatic N) is 1. The highest BCUT2D eigenvalue weighted by Crippen LogP contribution is 2.22. The van der Waals surface area contributed by atoms with Gasteiger partial charge in [-0.15, -0.1) is 0 Å². The largest absolute Gasteiger partial charge is 0.316 e. The van der Waals surface area contributed by atoms with E-state index in [1.165, 1.54) is 18.4 Å². The van der Waals surface area contributed by atoms with Crippen LogP contribution in [-0.2, 0) is 6.54 Å². The van der Waals surface area contributed by atoms with Gasteiger partial charge >= 0.3 is 0 Å². The molecule has 0 fully saturated rings. The zero-order valence-corrected chi connectivity index (χ0v) is 15.0. The second-order valence-electron chi connectivity index (χ2n) is 6.14. The molecule has 1 rings (SSSR count). The molecule has 0 aliphatic rings. The quantitative estimate of drug-likeness (QED) is 0.674. The fraction of sp³-hybridized carbons (Fsp3) is 0.647. The van der Waals surface area contributed by atoms with Crippen LogP contribution in [0.3, 0.4) is 0 Å². The first-order chi connectivity index (χ1) is 9.49. The van der Waals surface area contributed by atoms with Gasteiger partial charge < -0.3 is 10.2 Å². The van der Waals surface area contributed by atoms with Crippen LogP contribution in [-0.4, -0.2) is 31.6 Å². The van der Waals surface area contributed by atoms with E-state index >= 15 is 0 Å². The minimum absolute atomic E-state index is 0.343. The first-order valence-electron chi connectivity index (χ1n) is 7.63. The topological polar surface area (TPSA) is 15.3 Å². The lowest BCUT2D eigenvalue weighted by Gasteiger charge is -2.33. The summed E-state index contributed by atoms with van der Waals surface area (Å²) in [5.41, 5.74) is 1.71. The first-order valence-corrected chi connectivity index (χ1v) is 8.42. The lowest BCUT2D eigenvalue weighted by molar-refractivity contribution is 0.175. The van der Waals surface area contributed by atoms with Crippen LogP contribution in [0.1, 0.15) is 39.2 Å². The van der Waals surface area contributed by atoms with Crippen molar-refractivity contribution in [1.29, 1.82) is 0 Å². The Balaban J connectivity index is 2.51. The molecule has 2 nitrogen and oxygen atoms in total. The summed E-state index contributed by atoms with van der Waals surface area (Å²) in [6.45, 7) is 11.2. The molecule has 0 radical (unpaired) electrons. The predicted octanol–water partition coefficient (Wildman–Crippen LogP) is 4.30. The van der Waals surface area contributed by atoms with Crippen molar-refractivity contribution in [3.8, 4) is 0 Å². The van der Waals surface area contributed by atoms with Crippen molar-refractivity contribution >= 4 is 15.9 Å². The number of nitrogens with one attached hydrogen (secondary N) is 1. The molecule has 1 aromatic rings. The molecule has 0 heterocycles. The Morgan fingerprint density at radius 3 is 2.65 bits per heavy atom. The summed E-state index contributed by atoms with van der Waals surface area (Å²) in [4.78, 5) is 2.43. The van der Waals surface area contributed by atoms with Crippen LogP contribution in [0.15, 0.2) is 28.7 Å². The van der Waals surface area contributed by atoms with Gasteiger partial charge in [0.15, 0.2) is 0 Å². The highest BCUT2D eigenvalue weighted by atomic mass is 79.9. The molecule has 0 aliphatic heterocycles. The predicted molar refractivity (Wildman–Crippen MR) is 92.0 cm³/mol. The van der Waals surface area contributed by atoms with Gasteiger partial charge in [-0.05, 0) is 49.5 Å². The van der Waals surface area contributed by atoms with E-state index in [0.717, 1.165) is 30.7 Å². The molecule has 0 saturated carbocycles. The lowest BCUT2D eigenvalue weighted by atomic mass is 9.86. The average molecular weight is 341 g/mol. The second-order valence-corrected chi connectivity index (χ2v) is 7.06. The van der Waals surface area contributed by atoms with E-state index < -0.39 is 0 Å². The Morgan fingerprint density at radius 2 is 2.05 bits per heavy atom. The van der Waals surface area contributed by atoms with Gasteiger partial charge in [-0.3, -0.25) is 0 Å². The van der Waals surface area contributed by atoms with Crippen LogP contribution in [0.4, 0.5) is 0 Å². The third-order valence-electron chi connectivity index (χ3n) is 3.83. The minimum atomic E-state index is 0.343. The van der Waals surface area contributed by atoms with E-state index in [9.17, 15) is 0 Å². The molecule has 114 valence electrons. The van der Waals surface area contributed by atoms with Gasteiger partial charge in [-0.2, -0.15) is 0 Å². The molecular weight excluding hydrogens is 312 g/mol. The van der Waals surface area contributed by atoms with E-state index in [1.807, 2.05) is 0 Å². The fourth-order valence-corrected chi connectivity index (χ4v) is 2.96. The van der Waals surface area contributed by atoms with Crippen molar-refractivity contribution in [1.82, 2.24) is 10.2 Å². The third kappa shape index (κ3) is 6.38. The molecule has 0 spiro atoms. The maximum Gasteiger partial charge on any atom is 0.0231 e. The van der Waals surface area contributed by atoms with Gasteiger partial charge in [0.25, 0.3) is 0 Å². The van der Waals surface area contributed by atoms with E-state index in [2.05, 4.69) is 78.2 Å². The van der Waals surface area contributed by atoms with Crippen LogP contribution in [0.2, 0.25) is 0 Å². The minimum Gasteiger partial charge on any atom is -0.316 e. The first kappa shape index (κ1) is 17.7. The van der Waals surface area contributed by atoms with E-state index in [0.29, 0.717) is 5.41 Å². The van der Waals surface area contributed by atoms with E-state index in [-0.39, 0.29) is 0 Å². The molecule has 1 N–H and O–H groups in total. The summed E-state index contributed by atoms with van der Waals surface area (Å²) in [5.74, 6) is 0. The van der Waals surface area contributed by atoms with Crippen LogP contribution in [0.5, 0.6) is 0 Å². The Bertz CT molecular complexity index is 394. The molecule has 1 atom stereocenters. The summed E-state index contributed by atoms with van der Waals surface area (Å²) >= 11 is 3.54. The molecular formula is C17H29BrN2. The standard InChI is InChI=1S/C17H29BrN2/c1-5-10-19-13-17(3,6-2)14-20(4)12-15-8-7-9-16(18)11-15/h7-9,11,19H,5-6,10,12-14H2,1-4H3. The maximum atomic E-state index is 3.57. The number of rotatable bonds is 9.